The van der Waals surface area contributed by atoms with Crippen LogP contribution in [-0.2, 0) is 12.6 Å². The van der Waals surface area contributed by atoms with E-state index in [1.165, 1.54) is 17.0 Å². The molecule has 1 heterocycles. The second-order valence-corrected chi connectivity index (χ2v) is 6.51. The molecule has 4 nitrogen and oxygen atoms in total. The van der Waals surface area contributed by atoms with Crippen LogP contribution in [0, 0.1) is 0 Å². The van der Waals surface area contributed by atoms with Crippen LogP contribution in [0.1, 0.15) is 28.4 Å². The Morgan fingerprint density at radius 3 is 2.41 bits per heavy atom. The second kappa shape index (κ2) is 6.64. The lowest BCUT2D eigenvalue weighted by Gasteiger charge is -2.20. The fourth-order valence-corrected chi connectivity index (χ4v) is 3.22. The highest BCUT2D eigenvalue weighted by Crippen LogP contribution is 2.39. The van der Waals surface area contributed by atoms with E-state index in [0.29, 0.717) is 28.6 Å². The molecule has 142 valence electrons. The molecule has 3 aromatic rings. The van der Waals surface area contributed by atoms with Gasteiger partial charge in [0.05, 0.1) is 16.6 Å². The molecule has 0 aliphatic carbocycles. The first kappa shape index (κ1) is 18.8. The average Bonchev–Trinajstić information content (AvgIpc) is 3.02. The van der Waals surface area contributed by atoms with Crippen LogP contribution in [0.4, 0.5) is 18.9 Å². The molecule has 0 aliphatic rings. The largest absolute Gasteiger partial charge is 0.478 e. The molecule has 27 heavy (non-hydrogen) atoms. The highest BCUT2D eigenvalue weighted by molar-refractivity contribution is 5.90. The lowest BCUT2D eigenvalue weighted by Crippen LogP contribution is -2.16. The molecule has 0 unspecified atom stereocenters. The van der Waals surface area contributed by atoms with Gasteiger partial charge in [-0.05, 0) is 48.4 Å². The van der Waals surface area contributed by atoms with E-state index in [2.05, 4.69) is 0 Å². The van der Waals surface area contributed by atoms with Crippen LogP contribution >= 0.6 is 0 Å². The number of aromatic carboxylic acids is 1. The molecule has 3 rings (SSSR count). The first-order chi connectivity index (χ1) is 12.6. The number of carbonyl (C=O) groups is 1. The number of anilines is 1. The molecule has 1 aromatic heterocycles. The van der Waals surface area contributed by atoms with Gasteiger partial charge in [0.15, 0.2) is 0 Å². The number of carboxylic acids is 1. The highest BCUT2D eigenvalue weighted by Gasteiger charge is 2.34. The topological polar surface area (TPSA) is 45.5 Å². The monoisotopic (exact) mass is 376 g/mol. The molecule has 0 saturated carbocycles. The van der Waals surface area contributed by atoms with Crippen molar-refractivity contribution in [3.8, 4) is 5.69 Å². The molecule has 0 amide bonds. The minimum atomic E-state index is -4.48. The van der Waals surface area contributed by atoms with Crippen molar-refractivity contribution in [2.75, 3.05) is 19.0 Å². The van der Waals surface area contributed by atoms with E-state index in [0.717, 1.165) is 6.07 Å². The van der Waals surface area contributed by atoms with Gasteiger partial charge in [-0.25, -0.2) is 4.79 Å². The van der Waals surface area contributed by atoms with Crippen molar-refractivity contribution in [2.45, 2.75) is 19.5 Å². The zero-order valence-corrected chi connectivity index (χ0v) is 15.1. The molecular weight excluding hydrogens is 357 g/mol. The van der Waals surface area contributed by atoms with Crippen LogP contribution in [0.15, 0.2) is 42.6 Å². The Kier molecular flexibility index (Phi) is 4.63. The van der Waals surface area contributed by atoms with E-state index in [1.807, 2.05) is 6.92 Å². The summed E-state index contributed by atoms with van der Waals surface area (Å²) < 4.78 is 42.3. The Bertz CT molecular complexity index is 1020. The Morgan fingerprint density at radius 2 is 1.85 bits per heavy atom. The molecule has 0 aliphatic heterocycles. The molecule has 7 heteroatoms. The number of hydrogen-bond acceptors (Lipinski definition) is 2. The van der Waals surface area contributed by atoms with E-state index in [9.17, 15) is 23.1 Å². The summed E-state index contributed by atoms with van der Waals surface area (Å²) in [6.45, 7) is 1.84. The molecule has 0 fully saturated rings. The number of benzene rings is 2. The molecule has 0 saturated heterocycles. The fourth-order valence-electron chi connectivity index (χ4n) is 3.22. The molecule has 0 spiro atoms. The number of alkyl halides is 3. The first-order valence-electron chi connectivity index (χ1n) is 8.39. The van der Waals surface area contributed by atoms with Crippen LogP contribution < -0.4 is 4.90 Å². The number of aryl methyl sites for hydroxylation is 1. The quantitative estimate of drug-likeness (QED) is 0.699. The van der Waals surface area contributed by atoms with Gasteiger partial charge in [0.1, 0.15) is 0 Å². The summed E-state index contributed by atoms with van der Waals surface area (Å²) in [5.41, 5.74) is 1.25. The molecule has 1 N–H and O–H groups in total. The number of rotatable bonds is 4. The van der Waals surface area contributed by atoms with Crippen molar-refractivity contribution >= 4 is 22.6 Å². The number of carboxylic acid groups (broad SMARTS) is 1. The zero-order chi connectivity index (χ0) is 19.9. The van der Waals surface area contributed by atoms with Crippen molar-refractivity contribution in [3.63, 3.8) is 0 Å². The van der Waals surface area contributed by atoms with E-state index >= 15 is 0 Å². The van der Waals surface area contributed by atoms with Gasteiger partial charge in [-0.15, -0.1) is 0 Å². The summed E-state index contributed by atoms with van der Waals surface area (Å²) in [5, 5.41) is 9.94. The molecule has 0 atom stereocenters. The van der Waals surface area contributed by atoms with Gasteiger partial charge < -0.3 is 14.6 Å². The van der Waals surface area contributed by atoms with Crippen LogP contribution in [0.2, 0.25) is 0 Å². The van der Waals surface area contributed by atoms with Gasteiger partial charge in [0, 0.05) is 37.1 Å². The van der Waals surface area contributed by atoms with E-state index in [-0.39, 0.29) is 11.3 Å². The number of nitrogens with zero attached hydrogens (tertiary/aromatic N) is 2. The average molecular weight is 376 g/mol. The normalized spacial score (nSPS) is 11.8. The predicted molar refractivity (Wildman–Crippen MR) is 98.9 cm³/mol. The van der Waals surface area contributed by atoms with Gasteiger partial charge in [-0.1, -0.05) is 6.92 Å². The number of fused-ring (bicyclic) bond motifs is 1. The third-order valence-corrected chi connectivity index (χ3v) is 4.57. The Morgan fingerprint density at radius 1 is 1.15 bits per heavy atom. The zero-order valence-electron chi connectivity index (χ0n) is 15.1. The van der Waals surface area contributed by atoms with Gasteiger partial charge in [0.2, 0.25) is 0 Å². The molecule has 2 aromatic carbocycles. The summed E-state index contributed by atoms with van der Waals surface area (Å²) in [7, 11) is 3.15. The van der Waals surface area contributed by atoms with Gasteiger partial charge >= 0.3 is 12.1 Å². The highest BCUT2D eigenvalue weighted by atomic mass is 19.4. The van der Waals surface area contributed by atoms with Crippen molar-refractivity contribution in [3.05, 3.63) is 59.3 Å². The maximum absolute atomic E-state index is 13.5. The lowest BCUT2D eigenvalue weighted by atomic mass is 10.0. The number of hydrogen-bond donors (Lipinski definition) is 1. The Hall–Kier alpha value is -2.96. The molecule has 0 bridgehead atoms. The summed E-state index contributed by atoms with van der Waals surface area (Å²) in [6, 6.07) is 9.20. The third-order valence-electron chi connectivity index (χ3n) is 4.57. The first-order valence-corrected chi connectivity index (χ1v) is 8.39. The fraction of sp³-hybridized carbons (Fsp3) is 0.250. The minimum Gasteiger partial charge on any atom is -0.478 e. The summed E-state index contributed by atoms with van der Waals surface area (Å²) in [5.74, 6) is -1.02. The minimum absolute atomic E-state index is 0.100. The lowest BCUT2D eigenvalue weighted by molar-refractivity contribution is -0.137. The van der Waals surface area contributed by atoms with Crippen molar-refractivity contribution in [1.29, 1.82) is 0 Å². The van der Waals surface area contributed by atoms with E-state index in [1.54, 1.807) is 43.1 Å². The Labute approximate surface area is 154 Å². The molecular formula is C20H19F3N2O2. The predicted octanol–water partition coefficient (Wildman–Crippen LogP) is 4.98. The van der Waals surface area contributed by atoms with Crippen molar-refractivity contribution < 1.29 is 23.1 Å². The number of halogens is 3. The standard InChI is InChI=1S/C20H19F3N2O2/c1-4-12-9-14(5-6-15(12)19(26)27)25-8-7-13-10-18(24(2)3)16(11-17(13)25)20(21,22)23/h5-11H,4H2,1-3H3,(H,26,27). The van der Waals surface area contributed by atoms with E-state index in [4.69, 9.17) is 0 Å². The van der Waals surface area contributed by atoms with Crippen LogP contribution in [0.3, 0.4) is 0 Å². The second-order valence-electron chi connectivity index (χ2n) is 6.51. The SMILES string of the molecule is CCc1cc(-n2ccc3cc(N(C)C)c(C(F)(F)F)cc32)ccc1C(=O)O. The smallest absolute Gasteiger partial charge is 0.418 e. The van der Waals surface area contributed by atoms with Crippen LogP contribution in [-0.4, -0.2) is 29.7 Å². The summed E-state index contributed by atoms with van der Waals surface area (Å²) in [4.78, 5) is 12.8. The van der Waals surface area contributed by atoms with Crippen molar-refractivity contribution in [2.24, 2.45) is 0 Å². The van der Waals surface area contributed by atoms with Crippen molar-refractivity contribution in [1.82, 2.24) is 4.57 Å². The van der Waals surface area contributed by atoms with Crippen LogP contribution in [0.25, 0.3) is 16.6 Å². The van der Waals surface area contributed by atoms with E-state index < -0.39 is 17.7 Å². The summed E-state index contributed by atoms with van der Waals surface area (Å²) >= 11 is 0. The maximum Gasteiger partial charge on any atom is 0.418 e. The molecule has 0 radical (unpaired) electrons. The maximum atomic E-state index is 13.5. The van der Waals surface area contributed by atoms with Gasteiger partial charge in [-0.3, -0.25) is 0 Å². The van der Waals surface area contributed by atoms with Gasteiger partial charge in [0.25, 0.3) is 0 Å². The Balaban J connectivity index is 2.23. The van der Waals surface area contributed by atoms with Crippen LogP contribution in [0.5, 0.6) is 0 Å². The summed E-state index contributed by atoms with van der Waals surface area (Å²) in [6.07, 6.45) is -2.28. The van der Waals surface area contributed by atoms with Gasteiger partial charge in [-0.2, -0.15) is 13.2 Å². The third kappa shape index (κ3) is 3.37. The number of aromatic nitrogens is 1.